The van der Waals surface area contributed by atoms with E-state index in [1.807, 2.05) is 45.0 Å². The van der Waals surface area contributed by atoms with Gasteiger partial charge in [0.2, 0.25) is 0 Å². The summed E-state index contributed by atoms with van der Waals surface area (Å²) in [5.41, 5.74) is 1.74. The molecule has 1 fully saturated rings. The summed E-state index contributed by atoms with van der Waals surface area (Å²) in [5.74, 6) is 2.43. The number of hydrogen-bond donors (Lipinski definition) is 1. The van der Waals surface area contributed by atoms with Gasteiger partial charge in [-0.2, -0.15) is 10.2 Å². The molecule has 0 aliphatic heterocycles. The summed E-state index contributed by atoms with van der Waals surface area (Å²) in [6.07, 6.45) is 5.63. The Bertz CT molecular complexity index is 1480. The summed E-state index contributed by atoms with van der Waals surface area (Å²) in [6.45, 7) is 10.1. The van der Waals surface area contributed by atoms with E-state index < -0.39 is 0 Å². The molecule has 41 heavy (non-hydrogen) atoms. The molecular weight excluding hydrogens is 542 g/mol. The molecule has 9 nitrogen and oxygen atoms in total. The zero-order valence-corrected chi connectivity index (χ0v) is 24.6. The lowest BCUT2D eigenvalue weighted by Crippen LogP contribution is -2.46. The van der Waals surface area contributed by atoms with Crippen LogP contribution < -0.4 is 14.8 Å². The van der Waals surface area contributed by atoms with Crippen molar-refractivity contribution >= 4 is 17.7 Å². The first-order valence-corrected chi connectivity index (χ1v) is 13.9. The molecule has 214 valence electrons. The third-order valence-corrected chi connectivity index (χ3v) is 7.18. The molecule has 0 bridgehead atoms. The molecule has 4 aromatic rings. The number of ether oxygens (including phenoxy) is 3. The van der Waals surface area contributed by atoms with Crippen LogP contribution in [0.15, 0.2) is 73.2 Å². The van der Waals surface area contributed by atoms with Crippen molar-refractivity contribution < 1.29 is 19.0 Å². The monoisotopic (exact) mass is 575 g/mol. The smallest absolute Gasteiger partial charge is 0.407 e. The van der Waals surface area contributed by atoms with E-state index in [-0.39, 0.29) is 29.3 Å². The molecule has 0 saturated heterocycles. The van der Waals surface area contributed by atoms with Crippen molar-refractivity contribution in [2.75, 3.05) is 0 Å². The number of aromatic nitrogens is 4. The summed E-state index contributed by atoms with van der Waals surface area (Å²) in [4.78, 5) is 17.6. The van der Waals surface area contributed by atoms with E-state index in [0.29, 0.717) is 35.2 Å². The SMILES string of the molecule is CC(C)(C)NC(=O)OC1CC(Oc2ccc(C(C)(C)c3ccc(Oc4cnc(-n5nccn5)c(Cl)c4)cc3)cc2)C1. The van der Waals surface area contributed by atoms with Gasteiger partial charge in [-0.3, -0.25) is 0 Å². The van der Waals surface area contributed by atoms with E-state index in [1.54, 1.807) is 24.7 Å². The molecule has 1 aliphatic carbocycles. The van der Waals surface area contributed by atoms with E-state index in [9.17, 15) is 4.79 Å². The molecule has 10 heteroatoms. The molecule has 2 aromatic carbocycles. The minimum Gasteiger partial charge on any atom is -0.490 e. The molecule has 0 atom stereocenters. The third-order valence-electron chi connectivity index (χ3n) is 6.90. The Hall–Kier alpha value is -4.11. The fourth-order valence-corrected chi connectivity index (χ4v) is 4.76. The first-order chi connectivity index (χ1) is 19.5. The Kier molecular flexibility index (Phi) is 7.91. The average molecular weight is 576 g/mol. The van der Waals surface area contributed by atoms with Gasteiger partial charge in [0.25, 0.3) is 0 Å². The fraction of sp³-hybridized carbons (Fsp3) is 0.355. The number of alkyl carbamates (subject to hydrolysis) is 1. The predicted molar refractivity (Wildman–Crippen MR) is 156 cm³/mol. The predicted octanol–water partition coefficient (Wildman–Crippen LogP) is 6.87. The van der Waals surface area contributed by atoms with E-state index in [4.69, 9.17) is 25.8 Å². The van der Waals surface area contributed by atoms with Gasteiger partial charge in [0.1, 0.15) is 29.5 Å². The summed E-state index contributed by atoms with van der Waals surface area (Å²) < 4.78 is 17.5. The number of nitrogens with one attached hydrogen (secondary N) is 1. The van der Waals surface area contributed by atoms with E-state index in [1.165, 1.54) is 4.80 Å². The first-order valence-electron chi connectivity index (χ1n) is 13.5. The molecule has 2 heterocycles. The highest BCUT2D eigenvalue weighted by Gasteiger charge is 2.34. The van der Waals surface area contributed by atoms with Gasteiger partial charge >= 0.3 is 6.09 Å². The van der Waals surface area contributed by atoms with Crippen LogP contribution in [0, 0.1) is 0 Å². The van der Waals surface area contributed by atoms with Crippen LogP contribution in [0.3, 0.4) is 0 Å². The Labute approximate surface area is 244 Å². The fourth-order valence-electron chi connectivity index (χ4n) is 4.52. The number of halogens is 1. The zero-order chi connectivity index (χ0) is 29.2. The largest absolute Gasteiger partial charge is 0.490 e. The molecule has 0 radical (unpaired) electrons. The van der Waals surface area contributed by atoms with Gasteiger partial charge in [-0.15, -0.1) is 4.80 Å². The van der Waals surface area contributed by atoms with E-state index >= 15 is 0 Å². The maximum absolute atomic E-state index is 11.9. The number of amides is 1. The number of rotatable bonds is 8. The molecule has 1 saturated carbocycles. The van der Waals surface area contributed by atoms with Crippen molar-refractivity contribution in [3.63, 3.8) is 0 Å². The molecule has 0 unspecified atom stereocenters. The van der Waals surface area contributed by atoms with Crippen LogP contribution in [0.2, 0.25) is 5.02 Å². The second-order valence-electron chi connectivity index (χ2n) is 11.7. The topological polar surface area (TPSA) is 100 Å². The van der Waals surface area contributed by atoms with Crippen LogP contribution in [0.25, 0.3) is 5.82 Å². The van der Waals surface area contributed by atoms with Crippen molar-refractivity contribution in [2.45, 2.75) is 70.6 Å². The zero-order valence-electron chi connectivity index (χ0n) is 23.8. The van der Waals surface area contributed by atoms with Crippen LogP contribution in [0.1, 0.15) is 58.6 Å². The minimum absolute atomic E-state index is 0.0392. The number of pyridine rings is 1. The summed E-state index contributed by atoms with van der Waals surface area (Å²) >= 11 is 6.36. The average Bonchev–Trinajstić information content (AvgIpc) is 3.42. The lowest BCUT2D eigenvalue weighted by molar-refractivity contribution is -0.0243. The quantitative estimate of drug-likeness (QED) is 0.245. The molecular formula is C31H34ClN5O4. The molecule has 2 aromatic heterocycles. The molecule has 1 N–H and O–H groups in total. The maximum Gasteiger partial charge on any atom is 0.407 e. The number of carbonyl (C=O) groups is 1. The highest BCUT2D eigenvalue weighted by atomic mass is 35.5. The Morgan fingerprint density at radius 2 is 1.46 bits per heavy atom. The Morgan fingerprint density at radius 1 is 0.878 bits per heavy atom. The van der Waals surface area contributed by atoms with Gasteiger partial charge in [-0.1, -0.05) is 49.7 Å². The van der Waals surface area contributed by atoms with Gasteiger partial charge in [-0.05, 0) is 56.2 Å². The van der Waals surface area contributed by atoms with Crippen LogP contribution in [0.5, 0.6) is 17.2 Å². The number of carbonyl (C=O) groups excluding carboxylic acids is 1. The van der Waals surface area contributed by atoms with E-state index in [0.717, 1.165) is 16.9 Å². The summed E-state index contributed by atoms with van der Waals surface area (Å²) in [5, 5.41) is 11.3. The van der Waals surface area contributed by atoms with Crippen molar-refractivity contribution in [3.05, 3.63) is 89.3 Å². The Morgan fingerprint density at radius 3 is 2.02 bits per heavy atom. The number of hydrogen-bond acceptors (Lipinski definition) is 7. The second-order valence-corrected chi connectivity index (χ2v) is 12.1. The lowest BCUT2D eigenvalue weighted by Gasteiger charge is -2.35. The standard InChI is InChI=1S/C31H34ClN5O4/c1-30(2,3)36-29(38)41-25-16-24(17-25)39-22-10-6-20(7-11-22)31(4,5)21-8-12-23(13-9-21)40-26-18-27(32)28(33-19-26)37-34-14-15-35-37/h6-15,18-19,24-25H,16-17H2,1-5H3,(H,36,38). The molecule has 5 rings (SSSR count). The highest BCUT2D eigenvalue weighted by Crippen LogP contribution is 2.35. The third kappa shape index (κ3) is 6.97. The highest BCUT2D eigenvalue weighted by molar-refractivity contribution is 6.32. The number of nitrogens with zero attached hydrogens (tertiary/aromatic N) is 4. The van der Waals surface area contributed by atoms with E-state index in [2.05, 4.69) is 58.6 Å². The van der Waals surface area contributed by atoms with Gasteiger partial charge < -0.3 is 19.5 Å². The normalized spacial score (nSPS) is 16.9. The van der Waals surface area contributed by atoms with Crippen molar-refractivity contribution in [3.8, 4) is 23.1 Å². The number of benzene rings is 2. The molecule has 1 aliphatic rings. The van der Waals surface area contributed by atoms with Crippen molar-refractivity contribution in [2.24, 2.45) is 0 Å². The molecule has 0 spiro atoms. The second kappa shape index (κ2) is 11.4. The minimum atomic E-state index is -0.383. The Balaban J connectivity index is 1.15. The van der Waals surface area contributed by atoms with Gasteiger partial charge in [0.05, 0.1) is 23.6 Å². The first kappa shape index (κ1) is 28.4. The van der Waals surface area contributed by atoms with Gasteiger partial charge in [0, 0.05) is 29.9 Å². The van der Waals surface area contributed by atoms with Crippen LogP contribution in [-0.2, 0) is 10.2 Å². The van der Waals surface area contributed by atoms with Gasteiger partial charge in [-0.25, -0.2) is 9.78 Å². The van der Waals surface area contributed by atoms with Crippen LogP contribution >= 0.6 is 11.6 Å². The molecule has 1 amide bonds. The maximum atomic E-state index is 11.9. The van der Waals surface area contributed by atoms with Crippen molar-refractivity contribution in [1.29, 1.82) is 0 Å². The van der Waals surface area contributed by atoms with Crippen LogP contribution in [-0.4, -0.2) is 43.8 Å². The lowest BCUT2D eigenvalue weighted by atomic mass is 9.78. The van der Waals surface area contributed by atoms with Crippen molar-refractivity contribution in [1.82, 2.24) is 25.3 Å². The van der Waals surface area contributed by atoms with Gasteiger partial charge in [0.15, 0.2) is 5.82 Å². The summed E-state index contributed by atoms with van der Waals surface area (Å²) in [6, 6.07) is 17.8. The van der Waals surface area contributed by atoms with Crippen LogP contribution in [0.4, 0.5) is 4.79 Å². The summed E-state index contributed by atoms with van der Waals surface area (Å²) in [7, 11) is 0.